The van der Waals surface area contributed by atoms with Crippen LogP contribution in [0.25, 0.3) is 33.3 Å². The first-order valence-electron chi connectivity index (χ1n) is 9.34. The van der Waals surface area contributed by atoms with Gasteiger partial charge in [-0.2, -0.15) is 0 Å². The Morgan fingerprint density at radius 3 is 2.63 bits per heavy atom. The minimum Gasteiger partial charge on any atom is -0.403 e. The number of pyridine rings is 1. The standard InChI is InChI=1S/C24H15N3O3/c28-22(16-12-11-15-6-5-13-25-21(15)14-16)26-19-9-3-1-7-17(19)23-27-20-10-4-2-8-18(20)24(29)30-23/h1-14H,(H,26,28). The number of hydrogen-bond acceptors (Lipinski definition) is 5. The Hall–Kier alpha value is -4.32. The molecule has 0 aliphatic heterocycles. The fraction of sp³-hybridized carbons (Fsp3) is 0. The maximum absolute atomic E-state index is 12.9. The van der Waals surface area contributed by atoms with Crippen LogP contribution in [0.5, 0.6) is 0 Å². The lowest BCUT2D eigenvalue weighted by Gasteiger charge is -2.10. The largest absolute Gasteiger partial charge is 0.403 e. The molecule has 0 aliphatic carbocycles. The van der Waals surface area contributed by atoms with Crippen molar-refractivity contribution < 1.29 is 9.21 Å². The normalized spacial score (nSPS) is 10.9. The van der Waals surface area contributed by atoms with E-state index in [0.29, 0.717) is 27.7 Å². The quantitative estimate of drug-likeness (QED) is 0.482. The molecule has 144 valence electrons. The van der Waals surface area contributed by atoms with Gasteiger partial charge in [-0.3, -0.25) is 9.78 Å². The zero-order valence-electron chi connectivity index (χ0n) is 15.7. The number of carbonyl (C=O) groups is 1. The summed E-state index contributed by atoms with van der Waals surface area (Å²) in [5.74, 6) is -0.145. The summed E-state index contributed by atoms with van der Waals surface area (Å²) in [6, 6.07) is 23.2. The summed E-state index contributed by atoms with van der Waals surface area (Å²) in [4.78, 5) is 34.0. The summed E-state index contributed by atoms with van der Waals surface area (Å²) in [5, 5.41) is 4.25. The Labute approximate surface area is 170 Å². The Morgan fingerprint density at radius 1 is 0.867 bits per heavy atom. The van der Waals surface area contributed by atoms with Gasteiger partial charge in [-0.25, -0.2) is 9.78 Å². The Bertz CT molecular complexity index is 1470. The van der Waals surface area contributed by atoms with E-state index in [9.17, 15) is 9.59 Å². The third kappa shape index (κ3) is 3.20. The van der Waals surface area contributed by atoms with E-state index >= 15 is 0 Å². The molecule has 6 heteroatoms. The van der Waals surface area contributed by atoms with Crippen LogP contribution in [0.3, 0.4) is 0 Å². The number of aromatic nitrogens is 2. The number of hydrogen-bond donors (Lipinski definition) is 1. The van der Waals surface area contributed by atoms with Gasteiger partial charge in [0, 0.05) is 17.1 Å². The van der Waals surface area contributed by atoms with Gasteiger partial charge < -0.3 is 9.73 Å². The monoisotopic (exact) mass is 393 g/mol. The number of nitrogens with one attached hydrogen (secondary N) is 1. The van der Waals surface area contributed by atoms with Gasteiger partial charge in [0.2, 0.25) is 5.89 Å². The van der Waals surface area contributed by atoms with Gasteiger partial charge in [0.1, 0.15) is 0 Å². The van der Waals surface area contributed by atoms with Crippen molar-refractivity contribution in [2.45, 2.75) is 0 Å². The van der Waals surface area contributed by atoms with Crippen molar-refractivity contribution in [3.63, 3.8) is 0 Å². The molecule has 2 aromatic heterocycles. The van der Waals surface area contributed by atoms with E-state index in [1.807, 2.05) is 18.2 Å². The molecule has 0 fully saturated rings. The summed E-state index contributed by atoms with van der Waals surface area (Å²) in [6.07, 6.45) is 1.69. The maximum Gasteiger partial charge on any atom is 0.347 e. The average molecular weight is 393 g/mol. The molecule has 0 saturated carbocycles. The third-order valence-corrected chi connectivity index (χ3v) is 4.81. The van der Waals surface area contributed by atoms with Gasteiger partial charge in [-0.05, 0) is 42.5 Å². The number of anilines is 1. The van der Waals surface area contributed by atoms with Gasteiger partial charge >= 0.3 is 5.63 Å². The second kappa shape index (κ2) is 7.25. The van der Waals surface area contributed by atoms with Gasteiger partial charge in [0.05, 0.1) is 27.7 Å². The lowest BCUT2D eigenvalue weighted by molar-refractivity contribution is 0.102. The van der Waals surface area contributed by atoms with Crippen molar-refractivity contribution in [1.82, 2.24) is 9.97 Å². The summed E-state index contributed by atoms with van der Waals surface area (Å²) >= 11 is 0. The number of benzene rings is 3. The molecular weight excluding hydrogens is 378 g/mol. The van der Waals surface area contributed by atoms with E-state index in [1.54, 1.807) is 66.9 Å². The molecule has 3 aromatic carbocycles. The van der Waals surface area contributed by atoms with Crippen LogP contribution in [0.4, 0.5) is 5.69 Å². The first kappa shape index (κ1) is 17.8. The minimum atomic E-state index is -0.475. The predicted octanol–water partition coefficient (Wildman–Crippen LogP) is 4.66. The smallest absolute Gasteiger partial charge is 0.347 e. The second-order valence-electron chi connectivity index (χ2n) is 6.73. The van der Waals surface area contributed by atoms with Crippen molar-refractivity contribution in [3.05, 3.63) is 101 Å². The van der Waals surface area contributed by atoms with Crippen LogP contribution in [0, 0.1) is 0 Å². The highest BCUT2D eigenvalue weighted by Gasteiger charge is 2.15. The predicted molar refractivity (Wildman–Crippen MR) is 115 cm³/mol. The summed E-state index contributed by atoms with van der Waals surface area (Å²) in [7, 11) is 0. The molecule has 0 spiro atoms. The number of nitrogens with zero attached hydrogens (tertiary/aromatic N) is 2. The number of carbonyl (C=O) groups excluding carboxylic acids is 1. The van der Waals surface area contributed by atoms with Crippen LogP contribution in [0.1, 0.15) is 10.4 Å². The lowest BCUT2D eigenvalue weighted by Crippen LogP contribution is -2.13. The van der Waals surface area contributed by atoms with Crippen molar-refractivity contribution in [2.75, 3.05) is 5.32 Å². The number of rotatable bonds is 3. The van der Waals surface area contributed by atoms with E-state index in [0.717, 1.165) is 10.9 Å². The Kier molecular flexibility index (Phi) is 4.29. The highest BCUT2D eigenvalue weighted by Crippen LogP contribution is 2.27. The molecular formula is C24H15N3O3. The van der Waals surface area contributed by atoms with Gasteiger partial charge in [0.25, 0.3) is 5.91 Å². The molecule has 5 rings (SSSR count). The van der Waals surface area contributed by atoms with E-state index in [4.69, 9.17) is 4.42 Å². The van der Waals surface area contributed by atoms with Crippen molar-refractivity contribution in [1.29, 1.82) is 0 Å². The zero-order valence-corrected chi connectivity index (χ0v) is 15.7. The van der Waals surface area contributed by atoms with Crippen LogP contribution in [0.2, 0.25) is 0 Å². The SMILES string of the molecule is O=C(Nc1ccccc1-c1nc2ccccc2c(=O)o1)c1ccc2cccnc2c1. The molecule has 0 unspecified atom stereocenters. The first-order valence-corrected chi connectivity index (χ1v) is 9.34. The maximum atomic E-state index is 12.9. The molecule has 6 nitrogen and oxygen atoms in total. The van der Waals surface area contributed by atoms with Crippen LogP contribution in [-0.2, 0) is 0 Å². The van der Waals surface area contributed by atoms with Crippen LogP contribution < -0.4 is 10.9 Å². The summed E-state index contributed by atoms with van der Waals surface area (Å²) < 4.78 is 5.43. The van der Waals surface area contributed by atoms with Crippen LogP contribution >= 0.6 is 0 Å². The van der Waals surface area contributed by atoms with E-state index in [-0.39, 0.29) is 11.8 Å². The first-order chi connectivity index (χ1) is 14.7. The fourth-order valence-electron chi connectivity index (χ4n) is 3.31. The molecule has 0 bridgehead atoms. The topological polar surface area (TPSA) is 85.1 Å². The molecule has 0 radical (unpaired) electrons. The third-order valence-electron chi connectivity index (χ3n) is 4.81. The second-order valence-corrected chi connectivity index (χ2v) is 6.73. The Morgan fingerprint density at radius 2 is 1.70 bits per heavy atom. The molecule has 1 amide bonds. The van der Waals surface area contributed by atoms with Crippen molar-refractivity contribution in [3.8, 4) is 11.5 Å². The number of amides is 1. The van der Waals surface area contributed by atoms with E-state index < -0.39 is 5.63 Å². The molecule has 0 aliphatic rings. The van der Waals surface area contributed by atoms with Crippen LogP contribution in [-0.4, -0.2) is 15.9 Å². The Balaban J connectivity index is 1.53. The average Bonchev–Trinajstić information content (AvgIpc) is 2.79. The fourth-order valence-corrected chi connectivity index (χ4v) is 3.31. The van der Waals surface area contributed by atoms with E-state index in [1.165, 1.54) is 0 Å². The van der Waals surface area contributed by atoms with Gasteiger partial charge in [0.15, 0.2) is 0 Å². The molecule has 1 N–H and O–H groups in total. The number of para-hydroxylation sites is 2. The molecule has 5 aromatic rings. The van der Waals surface area contributed by atoms with Gasteiger partial charge in [-0.1, -0.05) is 36.4 Å². The zero-order chi connectivity index (χ0) is 20.5. The molecule has 30 heavy (non-hydrogen) atoms. The highest BCUT2D eigenvalue weighted by molar-refractivity contribution is 6.07. The van der Waals surface area contributed by atoms with Crippen molar-refractivity contribution >= 4 is 33.4 Å². The molecule has 2 heterocycles. The van der Waals surface area contributed by atoms with Crippen molar-refractivity contribution in [2.24, 2.45) is 0 Å². The van der Waals surface area contributed by atoms with Gasteiger partial charge in [-0.15, -0.1) is 0 Å². The molecule has 0 atom stereocenters. The minimum absolute atomic E-state index is 0.148. The van der Waals surface area contributed by atoms with E-state index in [2.05, 4.69) is 15.3 Å². The molecule has 0 saturated heterocycles. The summed E-state index contributed by atoms with van der Waals surface area (Å²) in [6.45, 7) is 0. The number of fused-ring (bicyclic) bond motifs is 2. The highest BCUT2D eigenvalue weighted by atomic mass is 16.4. The lowest BCUT2D eigenvalue weighted by atomic mass is 10.1. The summed E-state index contributed by atoms with van der Waals surface area (Å²) in [5.41, 5.74) is 2.29. The van der Waals surface area contributed by atoms with Crippen LogP contribution in [0.15, 0.2) is 94.3 Å².